The summed E-state index contributed by atoms with van der Waals surface area (Å²) in [5.41, 5.74) is -0.174. The first-order valence-corrected chi connectivity index (χ1v) is 5.90. The summed E-state index contributed by atoms with van der Waals surface area (Å²) in [5.74, 6) is 0.162. The summed E-state index contributed by atoms with van der Waals surface area (Å²) in [4.78, 5) is 14.3. The van der Waals surface area contributed by atoms with Crippen LogP contribution >= 0.6 is 0 Å². The SMILES string of the molecule is CN(C)C[C@@H](C(=O)NC(C)(C)C)C(C)(C)C. The molecule has 0 saturated heterocycles. The number of amides is 1. The van der Waals surface area contributed by atoms with Crippen LogP contribution in [0.2, 0.25) is 0 Å². The van der Waals surface area contributed by atoms with Crippen molar-refractivity contribution in [1.29, 1.82) is 0 Å². The van der Waals surface area contributed by atoms with E-state index in [-0.39, 0.29) is 22.8 Å². The monoisotopic (exact) mass is 228 g/mol. The second-order valence-electron chi connectivity index (χ2n) is 6.92. The van der Waals surface area contributed by atoms with Gasteiger partial charge in [0, 0.05) is 12.1 Å². The average molecular weight is 228 g/mol. The summed E-state index contributed by atoms with van der Waals surface area (Å²) in [5, 5.41) is 3.07. The minimum absolute atomic E-state index is 0.0143. The number of nitrogens with zero attached hydrogens (tertiary/aromatic N) is 1. The van der Waals surface area contributed by atoms with E-state index in [2.05, 4.69) is 31.0 Å². The molecule has 1 N–H and O–H groups in total. The summed E-state index contributed by atoms with van der Waals surface area (Å²) in [6, 6.07) is 0. The Bertz CT molecular complexity index is 233. The second-order valence-corrected chi connectivity index (χ2v) is 6.92. The van der Waals surface area contributed by atoms with Crippen molar-refractivity contribution < 1.29 is 4.79 Å². The number of rotatable bonds is 3. The summed E-state index contributed by atoms with van der Waals surface area (Å²) in [7, 11) is 4.01. The molecular formula is C13H28N2O. The predicted octanol–water partition coefficient (Wildman–Crippen LogP) is 2.12. The molecule has 16 heavy (non-hydrogen) atoms. The zero-order valence-electron chi connectivity index (χ0n) is 12.1. The molecule has 0 aliphatic heterocycles. The normalized spacial score (nSPS) is 15.1. The highest BCUT2D eigenvalue weighted by molar-refractivity contribution is 5.80. The van der Waals surface area contributed by atoms with Gasteiger partial charge in [-0.2, -0.15) is 0 Å². The molecule has 0 bridgehead atoms. The Morgan fingerprint density at radius 3 is 1.81 bits per heavy atom. The van der Waals surface area contributed by atoms with E-state index in [9.17, 15) is 4.79 Å². The first kappa shape index (κ1) is 15.4. The largest absolute Gasteiger partial charge is 0.351 e. The molecule has 3 heteroatoms. The molecule has 0 aliphatic rings. The lowest BCUT2D eigenvalue weighted by molar-refractivity contribution is -0.130. The Balaban J connectivity index is 4.71. The Morgan fingerprint density at radius 1 is 1.12 bits per heavy atom. The Labute approximate surface area is 101 Å². The lowest BCUT2D eigenvalue weighted by atomic mass is 9.79. The molecule has 1 amide bonds. The van der Waals surface area contributed by atoms with Crippen LogP contribution in [0.3, 0.4) is 0 Å². The van der Waals surface area contributed by atoms with Crippen LogP contribution in [0.4, 0.5) is 0 Å². The molecule has 0 heterocycles. The minimum atomic E-state index is -0.160. The maximum atomic E-state index is 12.2. The van der Waals surface area contributed by atoms with Crippen LogP contribution in [-0.2, 0) is 4.79 Å². The number of carbonyl (C=O) groups excluding carboxylic acids is 1. The van der Waals surface area contributed by atoms with Crippen LogP contribution in [0.5, 0.6) is 0 Å². The van der Waals surface area contributed by atoms with Gasteiger partial charge in [0.1, 0.15) is 0 Å². The maximum Gasteiger partial charge on any atom is 0.225 e. The zero-order chi connectivity index (χ0) is 13.1. The fraction of sp³-hybridized carbons (Fsp3) is 0.923. The third-order valence-corrected chi connectivity index (χ3v) is 2.41. The lowest BCUT2D eigenvalue weighted by Gasteiger charge is -2.34. The third-order valence-electron chi connectivity index (χ3n) is 2.41. The molecule has 0 rings (SSSR count). The molecule has 0 aromatic carbocycles. The van der Waals surface area contributed by atoms with Crippen LogP contribution in [-0.4, -0.2) is 37.0 Å². The standard InChI is InChI=1S/C13H28N2O/c1-12(2,3)10(9-15(7)8)11(16)14-13(4,5)6/h10H,9H2,1-8H3,(H,14,16)/t10-/m0/s1. The van der Waals surface area contributed by atoms with E-state index < -0.39 is 0 Å². The molecule has 0 aromatic rings. The highest BCUT2D eigenvalue weighted by Crippen LogP contribution is 2.27. The van der Waals surface area contributed by atoms with Crippen molar-refractivity contribution >= 4 is 5.91 Å². The fourth-order valence-corrected chi connectivity index (χ4v) is 1.57. The van der Waals surface area contributed by atoms with Gasteiger partial charge in [-0.3, -0.25) is 4.79 Å². The molecule has 3 nitrogen and oxygen atoms in total. The van der Waals surface area contributed by atoms with Crippen molar-refractivity contribution in [2.45, 2.75) is 47.1 Å². The van der Waals surface area contributed by atoms with Crippen molar-refractivity contribution in [2.24, 2.45) is 11.3 Å². The van der Waals surface area contributed by atoms with Gasteiger partial charge >= 0.3 is 0 Å². The number of hydrogen-bond donors (Lipinski definition) is 1. The van der Waals surface area contributed by atoms with E-state index in [0.29, 0.717) is 0 Å². The van der Waals surface area contributed by atoms with Crippen molar-refractivity contribution in [1.82, 2.24) is 10.2 Å². The molecule has 96 valence electrons. The first-order valence-electron chi connectivity index (χ1n) is 5.90. The molecule has 0 fully saturated rings. The minimum Gasteiger partial charge on any atom is -0.351 e. The van der Waals surface area contributed by atoms with E-state index in [1.807, 2.05) is 34.9 Å². The number of nitrogens with one attached hydrogen (secondary N) is 1. The Kier molecular flexibility index (Phi) is 4.99. The van der Waals surface area contributed by atoms with Gasteiger partial charge in [-0.1, -0.05) is 20.8 Å². The average Bonchev–Trinajstić information content (AvgIpc) is 1.93. The first-order chi connectivity index (χ1) is 6.93. The molecule has 0 radical (unpaired) electrons. The topological polar surface area (TPSA) is 32.3 Å². The van der Waals surface area contributed by atoms with E-state index in [1.54, 1.807) is 0 Å². The van der Waals surface area contributed by atoms with Gasteiger partial charge in [0.25, 0.3) is 0 Å². The maximum absolute atomic E-state index is 12.2. The van der Waals surface area contributed by atoms with Crippen molar-refractivity contribution in [2.75, 3.05) is 20.6 Å². The van der Waals surface area contributed by atoms with Crippen LogP contribution in [0.25, 0.3) is 0 Å². The molecule has 0 unspecified atom stereocenters. The molecule has 0 aromatic heterocycles. The van der Waals surface area contributed by atoms with Crippen molar-refractivity contribution in [3.63, 3.8) is 0 Å². The van der Waals surface area contributed by atoms with E-state index in [0.717, 1.165) is 6.54 Å². The van der Waals surface area contributed by atoms with Gasteiger partial charge in [-0.25, -0.2) is 0 Å². The van der Waals surface area contributed by atoms with Gasteiger partial charge in [0.15, 0.2) is 0 Å². The summed E-state index contributed by atoms with van der Waals surface area (Å²) < 4.78 is 0. The highest BCUT2D eigenvalue weighted by atomic mass is 16.2. The lowest BCUT2D eigenvalue weighted by Crippen LogP contribution is -2.49. The highest BCUT2D eigenvalue weighted by Gasteiger charge is 2.33. The van der Waals surface area contributed by atoms with Gasteiger partial charge in [0.05, 0.1) is 5.92 Å². The zero-order valence-corrected chi connectivity index (χ0v) is 12.1. The number of hydrogen-bond acceptors (Lipinski definition) is 2. The van der Waals surface area contributed by atoms with Gasteiger partial charge in [0.2, 0.25) is 5.91 Å². The van der Waals surface area contributed by atoms with E-state index in [4.69, 9.17) is 0 Å². The molecule has 1 atom stereocenters. The van der Waals surface area contributed by atoms with Crippen molar-refractivity contribution in [3.05, 3.63) is 0 Å². The summed E-state index contributed by atoms with van der Waals surface area (Å²) in [6.07, 6.45) is 0. The molecule has 0 saturated carbocycles. The molecule has 0 spiro atoms. The van der Waals surface area contributed by atoms with Crippen LogP contribution in [0.1, 0.15) is 41.5 Å². The molecule has 0 aliphatic carbocycles. The van der Waals surface area contributed by atoms with Gasteiger partial charge in [-0.05, 0) is 40.3 Å². The Morgan fingerprint density at radius 2 is 1.56 bits per heavy atom. The van der Waals surface area contributed by atoms with Crippen molar-refractivity contribution in [3.8, 4) is 0 Å². The van der Waals surface area contributed by atoms with Gasteiger partial charge in [-0.15, -0.1) is 0 Å². The van der Waals surface area contributed by atoms with Gasteiger partial charge < -0.3 is 10.2 Å². The Hall–Kier alpha value is -0.570. The van der Waals surface area contributed by atoms with Crippen LogP contribution < -0.4 is 5.32 Å². The number of carbonyl (C=O) groups is 1. The fourth-order valence-electron chi connectivity index (χ4n) is 1.57. The predicted molar refractivity (Wildman–Crippen MR) is 69.4 cm³/mol. The summed E-state index contributed by atoms with van der Waals surface area (Å²) in [6.45, 7) is 13.2. The summed E-state index contributed by atoms with van der Waals surface area (Å²) >= 11 is 0. The van der Waals surface area contributed by atoms with Crippen LogP contribution in [0, 0.1) is 11.3 Å². The van der Waals surface area contributed by atoms with Crippen LogP contribution in [0.15, 0.2) is 0 Å². The van der Waals surface area contributed by atoms with E-state index in [1.165, 1.54) is 0 Å². The smallest absolute Gasteiger partial charge is 0.225 e. The second kappa shape index (κ2) is 5.17. The quantitative estimate of drug-likeness (QED) is 0.802. The third kappa shape index (κ3) is 6.11. The van der Waals surface area contributed by atoms with E-state index >= 15 is 0 Å². The molecular weight excluding hydrogens is 200 g/mol.